The lowest BCUT2D eigenvalue weighted by molar-refractivity contribution is 0.417. The van der Waals surface area contributed by atoms with Crippen molar-refractivity contribution in [2.45, 2.75) is 4.90 Å². The van der Waals surface area contributed by atoms with Crippen LogP contribution < -0.4 is 10.5 Å². The molecular formula is C11H11NO4S. The maximum absolute atomic E-state index is 11.0. The molecule has 0 heterocycles. The van der Waals surface area contributed by atoms with Crippen LogP contribution in [0.1, 0.15) is 0 Å². The average molecular weight is 253 g/mol. The van der Waals surface area contributed by atoms with Gasteiger partial charge in [0.05, 0.1) is 17.7 Å². The predicted octanol–water partition coefficient (Wildman–Crippen LogP) is 1.68. The minimum absolute atomic E-state index is 0.158. The second-order valence-electron chi connectivity index (χ2n) is 3.54. The van der Waals surface area contributed by atoms with Gasteiger partial charge in [0.15, 0.2) is 0 Å². The number of fused-ring (bicyclic) bond motifs is 1. The summed E-state index contributed by atoms with van der Waals surface area (Å²) in [4.78, 5) is -0.158. The third-order valence-electron chi connectivity index (χ3n) is 2.51. The maximum atomic E-state index is 11.0. The number of methoxy groups -OCH3 is 1. The Bertz CT molecular complexity index is 679. The lowest BCUT2D eigenvalue weighted by atomic mass is 10.1. The Morgan fingerprint density at radius 1 is 1.24 bits per heavy atom. The normalized spacial score (nSPS) is 11.6. The minimum Gasteiger partial charge on any atom is -0.495 e. The molecule has 0 bridgehead atoms. The fourth-order valence-corrected chi connectivity index (χ4v) is 2.17. The summed E-state index contributed by atoms with van der Waals surface area (Å²) >= 11 is 0. The highest BCUT2D eigenvalue weighted by Crippen LogP contribution is 2.31. The van der Waals surface area contributed by atoms with E-state index in [9.17, 15) is 8.42 Å². The van der Waals surface area contributed by atoms with Crippen LogP contribution in [0.3, 0.4) is 0 Å². The summed E-state index contributed by atoms with van der Waals surface area (Å²) in [7, 11) is -2.69. The van der Waals surface area contributed by atoms with Crippen LogP contribution >= 0.6 is 0 Å². The van der Waals surface area contributed by atoms with Crippen molar-refractivity contribution in [1.82, 2.24) is 0 Å². The summed E-state index contributed by atoms with van der Waals surface area (Å²) in [6, 6.07) is 7.52. The molecule has 6 heteroatoms. The van der Waals surface area contributed by atoms with Crippen molar-refractivity contribution in [2.24, 2.45) is 0 Å². The van der Waals surface area contributed by atoms with Gasteiger partial charge in [0.2, 0.25) is 0 Å². The smallest absolute Gasteiger partial charge is 0.294 e. The predicted molar refractivity (Wildman–Crippen MR) is 64.7 cm³/mol. The zero-order chi connectivity index (χ0) is 12.6. The number of anilines is 1. The van der Waals surface area contributed by atoms with Gasteiger partial charge in [-0.2, -0.15) is 8.42 Å². The first-order valence-electron chi connectivity index (χ1n) is 4.77. The van der Waals surface area contributed by atoms with Gasteiger partial charge in [-0.05, 0) is 23.6 Å². The topological polar surface area (TPSA) is 89.6 Å². The third kappa shape index (κ3) is 2.04. The largest absolute Gasteiger partial charge is 0.495 e. The van der Waals surface area contributed by atoms with Gasteiger partial charge in [0, 0.05) is 5.39 Å². The molecule has 0 aromatic heterocycles. The Balaban J connectivity index is 2.74. The Labute approximate surface area is 98.6 Å². The van der Waals surface area contributed by atoms with Crippen LogP contribution in [0.25, 0.3) is 10.8 Å². The van der Waals surface area contributed by atoms with Crippen LogP contribution in [0.4, 0.5) is 5.69 Å². The van der Waals surface area contributed by atoms with Gasteiger partial charge >= 0.3 is 0 Å². The first-order valence-corrected chi connectivity index (χ1v) is 6.21. The third-order valence-corrected chi connectivity index (χ3v) is 3.36. The zero-order valence-corrected chi connectivity index (χ0v) is 9.86. The van der Waals surface area contributed by atoms with Gasteiger partial charge in [-0.3, -0.25) is 4.55 Å². The molecule has 0 aliphatic rings. The molecule has 0 fully saturated rings. The van der Waals surface area contributed by atoms with E-state index in [-0.39, 0.29) is 4.90 Å². The van der Waals surface area contributed by atoms with Crippen LogP contribution in [0.5, 0.6) is 5.75 Å². The number of benzene rings is 2. The quantitative estimate of drug-likeness (QED) is 0.627. The van der Waals surface area contributed by atoms with Gasteiger partial charge in [0.25, 0.3) is 10.1 Å². The van der Waals surface area contributed by atoms with Crippen molar-refractivity contribution < 1.29 is 17.7 Å². The van der Waals surface area contributed by atoms with Crippen molar-refractivity contribution in [1.29, 1.82) is 0 Å². The van der Waals surface area contributed by atoms with Crippen molar-refractivity contribution in [3.63, 3.8) is 0 Å². The molecule has 0 saturated heterocycles. The van der Waals surface area contributed by atoms with Crippen molar-refractivity contribution in [3.05, 3.63) is 30.3 Å². The molecule has 0 aliphatic carbocycles. The van der Waals surface area contributed by atoms with Crippen molar-refractivity contribution >= 4 is 26.6 Å². The molecule has 0 unspecified atom stereocenters. The summed E-state index contributed by atoms with van der Waals surface area (Å²) < 4.78 is 36.0. The molecular weight excluding hydrogens is 242 g/mol. The number of hydrogen-bond donors (Lipinski definition) is 2. The first-order chi connectivity index (χ1) is 7.93. The molecule has 17 heavy (non-hydrogen) atoms. The highest BCUT2D eigenvalue weighted by atomic mass is 32.2. The molecule has 0 amide bonds. The lowest BCUT2D eigenvalue weighted by Crippen LogP contribution is -1.98. The van der Waals surface area contributed by atoms with Gasteiger partial charge in [0.1, 0.15) is 5.75 Å². The van der Waals surface area contributed by atoms with Gasteiger partial charge < -0.3 is 10.5 Å². The first kappa shape index (κ1) is 11.7. The summed E-state index contributed by atoms with van der Waals surface area (Å²) in [5.41, 5.74) is 6.29. The number of rotatable bonds is 2. The molecule has 2 aromatic rings. The van der Waals surface area contributed by atoms with E-state index in [1.165, 1.54) is 25.3 Å². The highest BCUT2D eigenvalue weighted by Gasteiger charge is 2.11. The molecule has 0 radical (unpaired) electrons. The van der Waals surface area contributed by atoms with Crippen LogP contribution in [-0.4, -0.2) is 20.1 Å². The van der Waals surface area contributed by atoms with E-state index in [4.69, 9.17) is 15.0 Å². The highest BCUT2D eigenvalue weighted by molar-refractivity contribution is 7.85. The molecule has 5 nitrogen and oxygen atoms in total. The SMILES string of the molecule is COc1ccc2cc(S(=O)(=O)O)ccc2c1N. The Hall–Kier alpha value is -1.79. The molecule has 3 N–H and O–H groups in total. The lowest BCUT2D eigenvalue weighted by Gasteiger charge is -2.08. The monoisotopic (exact) mass is 253 g/mol. The summed E-state index contributed by atoms with van der Waals surface area (Å²) in [6.07, 6.45) is 0. The summed E-state index contributed by atoms with van der Waals surface area (Å²) in [5.74, 6) is 0.525. The van der Waals surface area contributed by atoms with Crippen molar-refractivity contribution in [2.75, 3.05) is 12.8 Å². The Morgan fingerprint density at radius 2 is 1.94 bits per heavy atom. The number of nitrogens with two attached hydrogens (primary N) is 1. The van der Waals surface area contributed by atoms with Crippen LogP contribution in [0.15, 0.2) is 35.2 Å². The molecule has 0 spiro atoms. The van der Waals surface area contributed by atoms with Gasteiger partial charge in [-0.25, -0.2) is 0 Å². The number of hydrogen-bond acceptors (Lipinski definition) is 4. The van der Waals surface area contributed by atoms with Crippen molar-refractivity contribution in [3.8, 4) is 5.75 Å². The van der Waals surface area contributed by atoms with E-state index in [0.29, 0.717) is 22.2 Å². The average Bonchev–Trinajstić information content (AvgIpc) is 2.28. The molecule has 2 rings (SSSR count). The maximum Gasteiger partial charge on any atom is 0.294 e. The second kappa shape index (κ2) is 3.90. The molecule has 90 valence electrons. The van der Waals surface area contributed by atoms with E-state index < -0.39 is 10.1 Å². The number of ether oxygens (including phenoxy) is 1. The van der Waals surface area contributed by atoms with E-state index >= 15 is 0 Å². The fraction of sp³-hybridized carbons (Fsp3) is 0.0909. The summed E-state index contributed by atoms with van der Waals surface area (Å²) in [6.45, 7) is 0. The molecule has 0 aliphatic heterocycles. The Kier molecular flexibility index (Phi) is 2.68. The van der Waals surface area contributed by atoms with Crippen LogP contribution in [0, 0.1) is 0 Å². The van der Waals surface area contributed by atoms with Crippen LogP contribution in [0.2, 0.25) is 0 Å². The van der Waals surface area contributed by atoms with E-state index in [1.807, 2.05) is 0 Å². The van der Waals surface area contributed by atoms with E-state index in [2.05, 4.69) is 0 Å². The standard InChI is InChI=1S/C11H11NO4S/c1-16-10-5-2-7-6-8(17(13,14)15)3-4-9(7)11(10)12/h2-6H,12H2,1H3,(H,13,14,15). The molecule has 0 saturated carbocycles. The minimum atomic E-state index is -4.19. The van der Waals surface area contributed by atoms with E-state index in [1.54, 1.807) is 12.1 Å². The summed E-state index contributed by atoms with van der Waals surface area (Å²) in [5, 5.41) is 1.30. The Morgan fingerprint density at radius 3 is 2.53 bits per heavy atom. The van der Waals surface area contributed by atoms with Gasteiger partial charge in [-0.15, -0.1) is 0 Å². The molecule has 2 aromatic carbocycles. The number of nitrogen functional groups attached to an aromatic ring is 1. The van der Waals surface area contributed by atoms with E-state index in [0.717, 1.165) is 0 Å². The second-order valence-corrected chi connectivity index (χ2v) is 4.96. The van der Waals surface area contributed by atoms with Gasteiger partial charge in [-0.1, -0.05) is 12.1 Å². The molecule has 0 atom stereocenters. The zero-order valence-electron chi connectivity index (χ0n) is 9.04. The fourth-order valence-electron chi connectivity index (χ4n) is 1.65. The van der Waals surface area contributed by atoms with Crippen LogP contribution in [-0.2, 0) is 10.1 Å².